The van der Waals surface area contributed by atoms with Crippen molar-refractivity contribution in [2.45, 2.75) is 27.2 Å². The minimum Gasteiger partial charge on any atom is -0.383 e. The highest BCUT2D eigenvalue weighted by atomic mass is 35.5. The molecule has 16 heavy (non-hydrogen) atoms. The normalized spacial score (nSPS) is 9.75. The number of hydrogen-bond acceptors (Lipinski definition) is 2. The highest BCUT2D eigenvalue weighted by molar-refractivity contribution is 6.35. The molecule has 0 saturated carbocycles. The van der Waals surface area contributed by atoms with Gasteiger partial charge >= 0.3 is 0 Å². The molecule has 2 N–H and O–H groups in total. The van der Waals surface area contributed by atoms with E-state index in [0.29, 0.717) is 10.8 Å². The number of aromatic nitrogens is 1. The van der Waals surface area contributed by atoms with Crippen LogP contribution in [0.1, 0.15) is 26.3 Å². The number of pyridine rings is 1. The van der Waals surface area contributed by atoms with Crippen LogP contribution in [0, 0.1) is 0 Å². The van der Waals surface area contributed by atoms with Gasteiger partial charge in [0.25, 0.3) is 0 Å². The van der Waals surface area contributed by atoms with E-state index in [0.717, 1.165) is 17.2 Å². The summed E-state index contributed by atoms with van der Waals surface area (Å²) in [7, 11) is 0. The molecule has 0 spiro atoms. The lowest BCUT2D eigenvalue weighted by Crippen LogP contribution is -1.92. The Balaban J connectivity index is 0.000000606. The number of halogens is 1. The summed E-state index contributed by atoms with van der Waals surface area (Å²) < 4.78 is 0. The molecule has 1 aromatic heterocycles. The van der Waals surface area contributed by atoms with E-state index in [2.05, 4.69) is 24.0 Å². The molecule has 0 aliphatic carbocycles. The van der Waals surface area contributed by atoms with Gasteiger partial charge in [-0.1, -0.05) is 44.5 Å². The highest BCUT2D eigenvalue weighted by Crippen LogP contribution is 2.27. The number of nitrogen functional groups attached to an aromatic ring is 1. The molecule has 0 aliphatic rings. The zero-order valence-corrected chi connectivity index (χ0v) is 10.7. The molecule has 0 amide bonds. The van der Waals surface area contributed by atoms with Crippen molar-refractivity contribution in [2.75, 3.05) is 5.73 Å². The van der Waals surface area contributed by atoms with E-state index >= 15 is 0 Å². The molecule has 0 atom stereocenters. The predicted molar refractivity (Wildman–Crippen MR) is 71.9 cm³/mol. The predicted octanol–water partition coefficient (Wildman–Crippen LogP) is 4.06. The van der Waals surface area contributed by atoms with Crippen LogP contribution in [0.15, 0.2) is 24.4 Å². The van der Waals surface area contributed by atoms with Gasteiger partial charge < -0.3 is 5.73 Å². The maximum atomic E-state index is 6.04. The molecular formula is C13H17ClN2. The second-order valence-electron chi connectivity index (χ2n) is 3.22. The van der Waals surface area contributed by atoms with Gasteiger partial charge in [0.15, 0.2) is 0 Å². The molecule has 0 aliphatic heterocycles. The fourth-order valence-corrected chi connectivity index (χ4v) is 1.70. The van der Waals surface area contributed by atoms with E-state index in [-0.39, 0.29) is 0 Å². The number of rotatable bonds is 1. The van der Waals surface area contributed by atoms with Crippen molar-refractivity contribution in [3.8, 4) is 0 Å². The molecule has 2 nitrogen and oxygen atoms in total. The quantitative estimate of drug-likeness (QED) is 0.811. The van der Waals surface area contributed by atoms with E-state index in [9.17, 15) is 0 Å². The molecular weight excluding hydrogens is 220 g/mol. The summed E-state index contributed by atoms with van der Waals surface area (Å²) in [4.78, 5) is 4.01. The molecule has 2 rings (SSSR count). The first kappa shape index (κ1) is 12.8. The maximum Gasteiger partial charge on any atom is 0.131 e. The van der Waals surface area contributed by atoms with Crippen LogP contribution in [-0.2, 0) is 6.42 Å². The second kappa shape index (κ2) is 5.71. The lowest BCUT2D eigenvalue weighted by Gasteiger charge is -2.04. The topological polar surface area (TPSA) is 38.9 Å². The first-order valence-corrected chi connectivity index (χ1v) is 5.92. The van der Waals surface area contributed by atoms with Crippen molar-refractivity contribution in [1.29, 1.82) is 0 Å². The van der Waals surface area contributed by atoms with Crippen molar-refractivity contribution in [1.82, 2.24) is 4.98 Å². The van der Waals surface area contributed by atoms with Crippen LogP contribution in [0.3, 0.4) is 0 Å². The third kappa shape index (κ3) is 2.45. The molecule has 0 unspecified atom stereocenters. The van der Waals surface area contributed by atoms with Crippen molar-refractivity contribution in [2.24, 2.45) is 0 Å². The SMILES string of the molecule is CC.CCc1ccc2c(N)ncc(Cl)c2c1. The summed E-state index contributed by atoms with van der Waals surface area (Å²) in [5.74, 6) is 0.534. The van der Waals surface area contributed by atoms with Gasteiger partial charge in [-0.2, -0.15) is 0 Å². The van der Waals surface area contributed by atoms with Gasteiger partial charge in [-0.05, 0) is 18.1 Å². The van der Waals surface area contributed by atoms with E-state index < -0.39 is 0 Å². The Morgan fingerprint density at radius 3 is 2.56 bits per heavy atom. The smallest absolute Gasteiger partial charge is 0.131 e. The first-order valence-electron chi connectivity index (χ1n) is 5.55. The summed E-state index contributed by atoms with van der Waals surface area (Å²) in [6.45, 7) is 6.11. The first-order chi connectivity index (χ1) is 7.72. The van der Waals surface area contributed by atoms with E-state index in [1.165, 1.54) is 5.56 Å². The van der Waals surface area contributed by atoms with Crippen molar-refractivity contribution in [3.63, 3.8) is 0 Å². The van der Waals surface area contributed by atoms with Crippen LogP contribution < -0.4 is 5.73 Å². The standard InChI is InChI=1S/C11H11ClN2.C2H6/c1-2-7-3-4-8-9(5-7)10(12)6-14-11(8)13;1-2/h3-6H,2H2,1H3,(H2,13,14);1-2H3. The van der Waals surface area contributed by atoms with Gasteiger partial charge in [0.2, 0.25) is 0 Å². The lowest BCUT2D eigenvalue weighted by molar-refractivity contribution is 1.15. The van der Waals surface area contributed by atoms with Gasteiger partial charge in [0.1, 0.15) is 5.82 Å². The number of benzene rings is 1. The van der Waals surface area contributed by atoms with Crippen LogP contribution >= 0.6 is 11.6 Å². The minimum absolute atomic E-state index is 0.534. The summed E-state index contributed by atoms with van der Waals surface area (Å²) in [5, 5.41) is 2.57. The Morgan fingerprint density at radius 1 is 1.25 bits per heavy atom. The number of aryl methyl sites for hydroxylation is 1. The number of fused-ring (bicyclic) bond motifs is 1. The third-order valence-corrected chi connectivity index (χ3v) is 2.64. The number of hydrogen-bond donors (Lipinski definition) is 1. The number of nitrogens with two attached hydrogens (primary N) is 1. The Kier molecular flexibility index (Phi) is 4.56. The van der Waals surface area contributed by atoms with Crippen LogP contribution in [-0.4, -0.2) is 4.98 Å². The molecule has 0 saturated heterocycles. The molecule has 3 heteroatoms. The van der Waals surface area contributed by atoms with Crippen LogP contribution in [0.4, 0.5) is 5.82 Å². The summed E-state index contributed by atoms with van der Waals surface area (Å²) in [5.41, 5.74) is 7.00. The van der Waals surface area contributed by atoms with E-state index in [1.54, 1.807) is 6.20 Å². The summed E-state index contributed by atoms with van der Waals surface area (Å²) in [6, 6.07) is 6.09. The number of nitrogens with zero attached hydrogens (tertiary/aromatic N) is 1. The van der Waals surface area contributed by atoms with E-state index in [4.69, 9.17) is 17.3 Å². The zero-order chi connectivity index (χ0) is 12.1. The van der Waals surface area contributed by atoms with Gasteiger partial charge in [-0.3, -0.25) is 0 Å². The Hall–Kier alpha value is -1.28. The van der Waals surface area contributed by atoms with Gasteiger partial charge in [-0.15, -0.1) is 0 Å². The zero-order valence-electron chi connectivity index (χ0n) is 9.92. The monoisotopic (exact) mass is 236 g/mol. The van der Waals surface area contributed by atoms with E-state index in [1.807, 2.05) is 19.9 Å². The Labute approximate surface area is 101 Å². The van der Waals surface area contributed by atoms with Crippen molar-refractivity contribution < 1.29 is 0 Å². The lowest BCUT2D eigenvalue weighted by atomic mass is 10.1. The molecule has 1 aromatic carbocycles. The summed E-state index contributed by atoms with van der Waals surface area (Å²) >= 11 is 6.04. The Morgan fingerprint density at radius 2 is 1.94 bits per heavy atom. The van der Waals surface area contributed by atoms with Gasteiger partial charge in [-0.25, -0.2) is 4.98 Å². The van der Waals surface area contributed by atoms with Crippen LogP contribution in [0.25, 0.3) is 10.8 Å². The van der Waals surface area contributed by atoms with Gasteiger partial charge in [0.05, 0.1) is 5.02 Å². The fourth-order valence-electron chi connectivity index (χ4n) is 1.50. The highest BCUT2D eigenvalue weighted by Gasteiger charge is 2.03. The van der Waals surface area contributed by atoms with Crippen molar-refractivity contribution >= 4 is 28.2 Å². The third-order valence-electron chi connectivity index (χ3n) is 2.34. The Bertz CT molecular complexity index is 481. The average Bonchev–Trinajstić information content (AvgIpc) is 2.36. The number of anilines is 1. The maximum absolute atomic E-state index is 6.04. The molecule has 0 radical (unpaired) electrons. The molecule has 1 heterocycles. The molecule has 0 bridgehead atoms. The minimum atomic E-state index is 0.534. The largest absolute Gasteiger partial charge is 0.383 e. The van der Waals surface area contributed by atoms with Crippen LogP contribution in [0.5, 0.6) is 0 Å². The van der Waals surface area contributed by atoms with Crippen LogP contribution in [0.2, 0.25) is 5.02 Å². The van der Waals surface area contributed by atoms with Gasteiger partial charge in [0, 0.05) is 17.0 Å². The molecule has 0 fully saturated rings. The second-order valence-corrected chi connectivity index (χ2v) is 3.63. The average molecular weight is 237 g/mol. The van der Waals surface area contributed by atoms with Crippen molar-refractivity contribution in [3.05, 3.63) is 35.0 Å². The fraction of sp³-hybridized carbons (Fsp3) is 0.308. The summed E-state index contributed by atoms with van der Waals surface area (Å²) in [6.07, 6.45) is 2.59. The molecule has 86 valence electrons. The molecule has 2 aromatic rings.